The van der Waals surface area contributed by atoms with Gasteiger partial charge in [0.25, 0.3) is 0 Å². The molecule has 40 unspecified atom stereocenters. The summed E-state index contributed by atoms with van der Waals surface area (Å²) in [5.41, 5.74) is -0.139. The van der Waals surface area contributed by atoms with E-state index in [1.807, 2.05) is 6.92 Å². The van der Waals surface area contributed by atoms with Gasteiger partial charge in [0.05, 0.1) is 58.5 Å². The van der Waals surface area contributed by atoms with Crippen LogP contribution in [0.1, 0.15) is 91.9 Å². The van der Waals surface area contributed by atoms with Gasteiger partial charge in [-0.25, -0.2) is 0 Å². The Labute approximate surface area is 537 Å². The van der Waals surface area contributed by atoms with Gasteiger partial charge >= 0.3 is 0 Å². The van der Waals surface area contributed by atoms with E-state index < -0.39 is 224 Å². The Hall–Kier alpha value is -1.28. The molecule has 40 atom stereocenters. The van der Waals surface area contributed by atoms with E-state index >= 15 is 0 Å². The van der Waals surface area contributed by atoms with Crippen LogP contribution in [0.4, 0.5) is 0 Å². The van der Waals surface area contributed by atoms with Crippen LogP contribution in [0.5, 0.6) is 0 Å². The summed E-state index contributed by atoms with van der Waals surface area (Å²) >= 11 is 0. The normalized spacial score (nSPS) is 55.4. The molecule has 7 saturated heterocycles. The first-order chi connectivity index (χ1) is 44.1. The fourth-order valence-electron chi connectivity index (χ4n) is 18.0. The second kappa shape index (κ2) is 29.4. The second-order valence-electron chi connectivity index (χ2n) is 29.0. The van der Waals surface area contributed by atoms with E-state index in [1.54, 1.807) is 0 Å². The monoisotopic (exact) mass is 1350 g/mol. The summed E-state index contributed by atoms with van der Waals surface area (Å²) in [4.78, 5) is 0. The van der Waals surface area contributed by atoms with Gasteiger partial charge in [-0.3, -0.25) is 0 Å². The minimum atomic E-state index is -2.14. The SMILES string of the molecule is CC(CCC1(O)OC2CC3C4CCC5CC(OC6OC(CO)C(OC7OC(CO)C(O)C(OC8OCC(O)C(O)C8O)C7OC7OC(CO)C(O)C(OC8OCC(O)C(O)C8O)C7O)C(O)C6O)CCC5(C)C4CCC3(C)C2C1C)COC1OC(CO)C(O)C(O)C1O. The molecule has 7 aliphatic heterocycles. The van der Waals surface area contributed by atoms with Crippen molar-refractivity contribution in [3.63, 3.8) is 0 Å². The van der Waals surface area contributed by atoms with E-state index in [0.717, 1.165) is 38.5 Å². The number of ether oxygens (including phenoxy) is 13. The molecule has 11 fully saturated rings. The molecule has 0 aromatic rings. The van der Waals surface area contributed by atoms with Gasteiger partial charge in [0.15, 0.2) is 43.5 Å². The second-order valence-corrected chi connectivity index (χ2v) is 29.0. The van der Waals surface area contributed by atoms with Gasteiger partial charge in [0, 0.05) is 12.3 Å². The summed E-state index contributed by atoms with van der Waals surface area (Å²) in [7, 11) is 0. The highest BCUT2D eigenvalue weighted by Crippen LogP contribution is 2.71. The number of fused-ring (bicyclic) bond motifs is 7. The van der Waals surface area contributed by atoms with Crippen molar-refractivity contribution in [3.05, 3.63) is 0 Å². The first-order valence-corrected chi connectivity index (χ1v) is 33.2. The van der Waals surface area contributed by atoms with Crippen LogP contribution in [0.2, 0.25) is 0 Å². The molecule has 7 heterocycles. The minimum absolute atomic E-state index is 0.0603. The molecule has 93 heavy (non-hydrogen) atoms. The van der Waals surface area contributed by atoms with Crippen molar-refractivity contribution in [2.75, 3.05) is 46.2 Å². The third-order valence-corrected chi connectivity index (χ3v) is 23.5. The van der Waals surface area contributed by atoms with Crippen LogP contribution < -0.4 is 0 Å². The highest BCUT2D eigenvalue weighted by Gasteiger charge is 2.69. The summed E-state index contributed by atoms with van der Waals surface area (Å²) in [5, 5.41) is 206. The van der Waals surface area contributed by atoms with E-state index in [0.29, 0.717) is 43.4 Å². The van der Waals surface area contributed by atoms with Crippen molar-refractivity contribution in [2.45, 2.75) is 282 Å². The van der Waals surface area contributed by atoms with Crippen LogP contribution >= 0.6 is 0 Å². The smallest absolute Gasteiger partial charge is 0.187 e. The van der Waals surface area contributed by atoms with E-state index in [1.165, 1.54) is 0 Å². The Bertz CT molecular complexity index is 2410. The first kappa shape index (κ1) is 73.0. The maximum atomic E-state index is 12.2. The average Bonchev–Trinajstić information content (AvgIpc) is 1.57. The van der Waals surface area contributed by atoms with Gasteiger partial charge in [-0.1, -0.05) is 27.7 Å². The van der Waals surface area contributed by atoms with Crippen LogP contribution in [0, 0.1) is 52.3 Å². The Morgan fingerprint density at radius 1 is 0.462 bits per heavy atom. The summed E-state index contributed by atoms with van der Waals surface area (Å²) in [6.07, 6.45) is -41.9. The van der Waals surface area contributed by atoms with Gasteiger partial charge in [0.1, 0.15) is 134 Å². The van der Waals surface area contributed by atoms with Crippen LogP contribution in [0.25, 0.3) is 0 Å². The molecule has 0 aromatic heterocycles. The van der Waals surface area contributed by atoms with Gasteiger partial charge in [-0.05, 0) is 104 Å². The van der Waals surface area contributed by atoms with E-state index in [-0.39, 0.29) is 47.2 Å². The number of hydrogen-bond acceptors (Lipinski definition) is 32. The molecule has 0 amide bonds. The van der Waals surface area contributed by atoms with Crippen LogP contribution in [-0.2, 0) is 61.6 Å². The molecule has 32 heteroatoms. The van der Waals surface area contributed by atoms with Crippen molar-refractivity contribution in [1.29, 1.82) is 0 Å². The Kier molecular flexibility index (Phi) is 23.0. The van der Waals surface area contributed by atoms with Crippen molar-refractivity contribution in [2.24, 2.45) is 52.3 Å². The Morgan fingerprint density at radius 3 is 1.61 bits per heavy atom. The number of aliphatic hydroxyl groups is 19. The third-order valence-electron chi connectivity index (χ3n) is 23.5. The van der Waals surface area contributed by atoms with Gasteiger partial charge in [0.2, 0.25) is 0 Å². The van der Waals surface area contributed by atoms with Crippen molar-refractivity contribution < 1.29 is 159 Å². The lowest BCUT2D eigenvalue weighted by atomic mass is 9.44. The fourth-order valence-corrected chi connectivity index (χ4v) is 18.0. The fraction of sp³-hybridized carbons (Fsp3) is 1.00. The number of aliphatic hydroxyl groups excluding tert-OH is 18. The molecule has 19 N–H and O–H groups in total. The largest absolute Gasteiger partial charge is 0.394 e. The minimum Gasteiger partial charge on any atom is -0.394 e. The molecular weight excluding hydrogens is 1240 g/mol. The third kappa shape index (κ3) is 13.8. The maximum absolute atomic E-state index is 12.2. The molecule has 11 rings (SSSR count). The lowest BCUT2D eigenvalue weighted by molar-refractivity contribution is -0.408. The molecule has 32 nitrogen and oxygen atoms in total. The lowest BCUT2D eigenvalue weighted by Crippen LogP contribution is -2.69. The zero-order valence-corrected chi connectivity index (χ0v) is 52.7. The van der Waals surface area contributed by atoms with Crippen molar-refractivity contribution >= 4 is 0 Å². The predicted molar refractivity (Wildman–Crippen MR) is 305 cm³/mol. The molecule has 0 aromatic carbocycles. The molecule has 0 spiro atoms. The molecule has 0 radical (unpaired) electrons. The van der Waals surface area contributed by atoms with E-state index in [4.69, 9.17) is 61.6 Å². The number of hydrogen-bond donors (Lipinski definition) is 19. The molecule has 11 aliphatic rings. The van der Waals surface area contributed by atoms with E-state index in [9.17, 15) is 97.0 Å². The average molecular weight is 1350 g/mol. The van der Waals surface area contributed by atoms with Crippen LogP contribution in [0.15, 0.2) is 0 Å². The molecular formula is C61H102O32. The quantitative estimate of drug-likeness (QED) is 0.0504. The zero-order valence-electron chi connectivity index (χ0n) is 52.7. The van der Waals surface area contributed by atoms with E-state index in [2.05, 4.69) is 20.8 Å². The molecule has 0 bridgehead atoms. The molecule has 4 saturated carbocycles. The summed E-state index contributed by atoms with van der Waals surface area (Å²) in [6, 6.07) is 0. The van der Waals surface area contributed by atoms with Crippen LogP contribution in [0.3, 0.4) is 0 Å². The molecule has 538 valence electrons. The highest BCUT2D eigenvalue weighted by molar-refractivity contribution is 5.15. The van der Waals surface area contributed by atoms with Crippen molar-refractivity contribution in [1.82, 2.24) is 0 Å². The summed E-state index contributed by atoms with van der Waals surface area (Å²) in [5.74, 6) is -0.0870. The Balaban J connectivity index is 0.730. The maximum Gasteiger partial charge on any atom is 0.187 e. The Morgan fingerprint density at radius 2 is 0.978 bits per heavy atom. The lowest BCUT2D eigenvalue weighted by Gasteiger charge is -2.61. The number of rotatable bonds is 20. The van der Waals surface area contributed by atoms with Gasteiger partial charge in [-0.2, -0.15) is 0 Å². The summed E-state index contributed by atoms with van der Waals surface area (Å²) < 4.78 is 77.8. The first-order valence-electron chi connectivity index (χ1n) is 33.2. The summed E-state index contributed by atoms with van der Waals surface area (Å²) in [6.45, 7) is 4.46. The molecule has 4 aliphatic carbocycles. The standard InChI is InChI=1S/C61H102O32/c1-22(19-81-53-46(77)42(73)39(70)32(15-62)85-53)7-12-61(80)23(2)36-31(93-61)14-28-26-6-5-24-13-25(8-10-59(24,3)27(26)9-11-60(28,36)4)84-56-47(78)43(74)49(35(18-65)88-56)89-58-52(51(41(72)34(17-64)87-58)91-55-45(76)38(69)30(67)21-83-55)92-57-48(79)50(40(71)33(16-63)86-57)90-54-44(75)37(68)29(66)20-82-54/h22-58,62-80H,5-21H2,1-4H3. The van der Waals surface area contributed by atoms with Gasteiger partial charge < -0.3 is 159 Å². The topological polar surface area (TPSA) is 504 Å². The van der Waals surface area contributed by atoms with Gasteiger partial charge in [-0.15, -0.1) is 0 Å². The highest BCUT2D eigenvalue weighted by atomic mass is 16.8. The van der Waals surface area contributed by atoms with Crippen molar-refractivity contribution in [3.8, 4) is 0 Å². The van der Waals surface area contributed by atoms with Crippen LogP contribution in [-0.4, -0.2) is 333 Å². The zero-order chi connectivity index (χ0) is 67.1. The predicted octanol–water partition coefficient (Wildman–Crippen LogP) is -7.03.